The van der Waals surface area contributed by atoms with Gasteiger partial charge in [0.25, 0.3) is 0 Å². The van der Waals surface area contributed by atoms with Crippen molar-refractivity contribution < 1.29 is 9.53 Å². The molecule has 3 rings (SSSR count). The van der Waals surface area contributed by atoms with E-state index in [1.165, 1.54) is 11.8 Å². The number of hydrogen-bond acceptors (Lipinski definition) is 6. The lowest BCUT2D eigenvalue weighted by Gasteiger charge is -2.13. The molecule has 1 atom stereocenters. The van der Waals surface area contributed by atoms with Crippen molar-refractivity contribution in [2.24, 2.45) is 0 Å². The number of amides is 1. The van der Waals surface area contributed by atoms with Crippen LogP contribution >= 0.6 is 23.1 Å². The highest BCUT2D eigenvalue weighted by Gasteiger charge is 2.20. The SMILES string of the molecule is CCOc1ccc(NC(=O)[C@H](C)Sc2nnc(-c3cccs3)n2CC)cc1. The first-order valence-corrected chi connectivity index (χ1v) is 10.6. The van der Waals surface area contributed by atoms with Gasteiger partial charge in [0.15, 0.2) is 11.0 Å². The second-order valence-corrected chi connectivity index (χ2v) is 7.99. The third kappa shape index (κ3) is 4.70. The van der Waals surface area contributed by atoms with Crippen LogP contribution in [0.1, 0.15) is 20.8 Å². The molecular formula is C19H22N4O2S2. The number of aromatic nitrogens is 3. The van der Waals surface area contributed by atoms with Crippen molar-refractivity contribution in [2.75, 3.05) is 11.9 Å². The highest BCUT2D eigenvalue weighted by molar-refractivity contribution is 8.00. The summed E-state index contributed by atoms with van der Waals surface area (Å²) in [5.74, 6) is 1.55. The predicted octanol–water partition coefficient (Wildman–Crippen LogP) is 4.54. The lowest BCUT2D eigenvalue weighted by molar-refractivity contribution is -0.115. The molecule has 0 unspecified atom stereocenters. The molecule has 0 aliphatic carbocycles. The molecule has 1 amide bonds. The molecule has 1 N–H and O–H groups in total. The van der Waals surface area contributed by atoms with Crippen molar-refractivity contribution >= 4 is 34.7 Å². The molecule has 8 heteroatoms. The van der Waals surface area contributed by atoms with E-state index in [1.54, 1.807) is 11.3 Å². The zero-order valence-corrected chi connectivity index (χ0v) is 17.1. The van der Waals surface area contributed by atoms with Crippen molar-refractivity contribution in [2.45, 2.75) is 37.7 Å². The topological polar surface area (TPSA) is 69.0 Å². The second kappa shape index (κ2) is 9.05. The molecule has 3 aromatic rings. The van der Waals surface area contributed by atoms with Crippen molar-refractivity contribution in [3.8, 4) is 16.5 Å². The summed E-state index contributed by atoms with van der Waals surface area (Å²) in [5, 5.41) is 14.0. The van der Waals surface area contributed by atoms with Crippen molar-refractivity contribution in [3.05, 3.63) is 41.8 Å². The number of carbonyl (C=O) groups is 1. The first-order valence-electron chi connectivity index (χ1n) is 8.79. The van der Waals surface area contributed by atoms with Crippen molar-refractivity contribution in [3.63, 3.8) is 0 Å². The standard InChI is InChI=1S/C19H22N4O2S2/c1-4-23-17(16-7-6-12-26-16)21-22-19(23)27-13(3)18(24)20-14-8-10-15(11-9-14)25-5-2/h6-13H,4-5H2,1-3H3,(H,20,24)/t13-/m0/s1. The molecule has 2 aromatic heterocycles. The Morgan fingerprint density at radius 2 is 2.04 bits per heavy atom. The number of rotatable bonds is 8. The molecular weight excluding hydrogens is 380 g/mol. The van der Waals surface area contributed by atoms with Crippen LogP contribution in [0.3, 0.4) is 0 Å². The van der Waals surface area contributed by atoms with Crippen LogP contribution in [0.15, 0.2) is 46.9 Å². The average Bonchev–Trinajstić information content (AvgIpc) is 3.32. The van der Waals surface area contributed by atoms with Gasteiger partial charge >= 0.3 is 0 Å². The Hall–Kier alpha value is -2.32. The molecule has 0 bridgehead atoms. The fraction of sp³-hybridized carbons (Fsp3) is 0.316. The second-order valence-electron chi connectivity index (χ2n) is 5.73. The molecule has 0 saturated carbocycles. The van der Waals surface area contributed by atoms with E-state index in [-0.39, 0.29) is 11.2 Å². The lowest BCUT2D eigenvalue weighted by Crippen LogP contribution is -2.22. The molecule has 0 aliphatic rings. The Kier molecular flexibility index (Phi) is 6.52. The number of nitrogens with zero attached hydrogens (tertiary/aromatic N) is 3. The van der Waals surface area contributed by atoms with Gasteiger partial charge in [-0.1, -0.05) is 17.8 Å². The summed E-state index contributed by atoms with van der Waals surface area (Å²) in [6.45, 7) is 7.22. The summed E-state index contributed by atoms with van der Waals surface area (Å²) in [7, 11) is 0. The number of ether oxygens (including phenoxy) is 1. The van der Waals surface area contributed by atoms with Gasteiger partial charge in [-0.05, 0) is 56.5 Å². The van der Waals surface area contributed by atoms with Gasteiger partial charge in [-0.25, -0.2) is 0 Å². The molecule has 0 radical (unpaired) electrons. The number of hydrogen-bond donors (Lipinski definition) is 1. The Balaban J connectivity index is 1.66. The normalized spacial score (nSPS) is 12.0. The minimum absolute atomic E-state index is 0.0764. The fourth-order valence-electron chi connectivity index (χ4n) is 2.51. The number of nitrogens with one attached hydrogen (secondary N) is 1. The molecule has 0 fully saturated rings. The van der Waals surface area contributed by atoms with Crippen LogP contribution in [0.5, 0.6) is 5.75 Å². The fourth-order valence-corrected chi connectivity index (χ4v) is 4.14. The molecule has 1 aromatic carbocycles. The van der Waals surface area contributed by atoms with Gasteiger partial charge in [-0.3, -0.25) is 4.79 Å². The van der Waals surface area contributed by atoms with E-state index in [1.807, 2.05) is 60.2 Å². The van der Waals surface area contributed by atoms with Crippen LogP contribution in [-0.2, 0) is 11.3 Å². The third-order valence-corrected chi connectivity index (χ3v) is 5.81. The van der Waals surface area contributed by atoms with E-state index in [4.69, 9.17) is 4.74 Å². The quantitative estimate of drug-likeness (QED) is 0.560. The Labute approximate surface area is 167 Å². The van der Waals surface area contributed by atoms with Gasteiger partial charge in [0.05, 0.1) is 16.7 Å². The van der Waals surface area contributed by atoms with Gasteiger partial charge in [-0.2, -0.15) is 0 Å². The molecule has 2 heterocycles. The van der Waals surface area contributed by atoms with Crippen LogP contribution in [0.2, 0.25) is 0 Å². The number of benzene rings is 1. The Bertz CT molecular complexity index is 876. The summed E-state index contributed by atoms with van der Waals surface area (Å²) < 4.78 is 7.46. The number of anilines is 1. The number of thioether (sulfide) groups is 1. The van der Waals surface area contributed by atoms with Gasteiger partial charge in [0, 0.05) is 12.2 Å². The maximum absolute atomic E-state index is 12.5. The lowest BCUT2D eigenvalue weighted by atomic mass is 10.3. The van der Waals surface area contributed by atoms with Gasteiger partial charge in [-0.15, -0.1) is 21.5 Å². The van der Waals surface area contributed by atoms with Crippen molar-refractivity contribution in [1.29, 1.82) is 0 Å². The van der Waals surface area contributed by atoms with E-state index < -0.39 is 0 Å². The molecule has 27 heavy (non-hydrogen) atoms. The first kappa shape index (κ1) is 19.4. The summed E-state index contributed by atoms with van der Waals surface area (Å²) in [4.78, 5) is 13.6. The van der Waals surface area contributed by atoms with E-state index >= 15 is 0 Å². The zero-order chi connectivity index (χ0) is 19.2. The number of thiophene rings is 1. The number of carbonyl (C=O) groups excluding carboxylic acids is 1. The van der Waals surface area contributed by atoms with E-state index in [9.17, 15) is 4.79 Å². The maximum atomic E-state index is 12.5. The molecule has 0 spiro atoms. The summed E-state index contributed by atoms with van der Waals surface area (Å²) in [6.07, 6.45) is 0. The summed E-state index contributed by atoms with van der Waals surface area (Å²) in [5.41, 5.74) is 0.743. The molecule has 142 valence electrons. The van der Waals surface area contributed by atoms with E-state index in [0.717, 1.165) is 33.8 Å². The van der Waals surface area contributed by atoms with Crippen LogP contribution < -0.4 is 10.1 Å². The minimum atomic E-state index is -0.303. The first-order chi connectivity index (χ1) is 13.1. The van der Waals surface area contributed by atoms with E-state index in [0.29, 0.717) is 6.61 Å². The minimum Gasteiger partial charge on any atom is -0.494 e. The summed E-state index contributed by atoms with van der Waals surface area (Å²) in [6, 6.07) is 11.4. The third-order valence-electron chi connectivity index (χ3n) is 3.86. The van der Waals surface area contributed by atoms with Gasteiger partial charge in [0.2, 0.25) is 5.91 Å². The van der Waals surface area contributed by atoms with Crippen LogP contribution in [-0.4, -0.2) is 32.5 Å². The van der Waals surface area contributed by atoms with Crippen molar-refractivity contribution in [1.82, 2.24) is 14.8 Å². The summed E-state index contributed by atoms with van der Waals surface area (Å²) >= 11 is 3.04. The van der Waals surface area contributed by atoms with Crippen LogP contribution in [0.4, 0.5) is 5.69 Å². The highest BCUT2D eigenvalue weighted by atomic mass is 32.2. The van der Waals surface area contributed by atoms with Gasteiger partial charge in [0.1, 0.15) is 5.75 Å². The average molecular weight is 403 g/mol. The smallest absolute Gasteiger partial charge is 0.237 e. The zero-order valence-electron chi connectivity index (χ0n) is 15.5. The molecule has 0 aliphatic heterocycles. The highest BCUT2D eigenvalue weighted by Crippen LogP contribution is 2.29. The van der Waals surface area contributed by atoms with Crippen LogP contribution in [0, 0.1) is 0 Å². The molecule has 6 nitrogen and oxygen atoms in total. The molecule has 0 saturated heterocycles. The Morgan fingerprint density at radius 1 is 1.26 bits per heavy atom. The Morgan fingerprint density at radius 3 is 2.67 bits per heavy atom. The largest absolute Gasteiger partial charge is 0.494 e. The van der Waals surface area contributed by atoms with E-state index in [2.05, 4.69) is 22.4 Å². The van der Waals surface area contributed by atoms with Crippen LogP contribution in [0.25, 0.3) is 10.7 Å². The van der Waals surface area contributed by atoms with Gasteiger partial charge < -0.3 is 14.6 Å². The monoisotopic (exact) mass is 402 g/mol. The predicted molar refractivity (Wildman–Crippen MR) is 111 cm³/mol. The maximum Gasteiger partial charge on any atom is 0.237 e.